The number of aliphatic hydroxyl groups is 2. The van der Waals surface area contributed by atoms with E-state index in [-0.39, 0.29) is 60.9 Å². The number of nitrogens with zero attached hydrogens (tertiary/aromatic N) is 1. The molecule has 2 N–H and O–H groups in total. The van der Waals surface area contributed by atoms with Gasteiger partial charge in [-0.15, -0.1) is 0 Å². The Morgan fingerprint density at radius 3 is 2.22 bits per heavy atom. The van der Waals surface area contributed by atoms with Crippen LogP contribution in [-0.4, -0.2) is 140 Å². The van der Waals surface area contributed by atoms with E-state index in [4.69, 9.17) is 28.2 Å². The minimum atomic E-state index is -2.79. The number of hydrogen-bond donors (Lipinski definition) is 2. The van der Waals surface area contributed by atoms with Gasteiger partial charge in [-0.3, -0.25) is 23.7 Å². The van der Waals surface area contributed by atoms with Crippen molar-refractivity contribution in [2.75, 3.05) is 41.2 Å². The van der Waals surface area contributed by atoms with Gasteiger partial charge in [0.15, 0.2) is 13.2 Å². The van der Waals surface area contributed by atoms with Crippen LogP contribution in [0.5, 0.6) is 0 Å². The van der Waals surface area contributed by atoms with Crippen LogP contribution in [0.1, 0.15) is 126 Å². The van der Waals surface area contributed by atoms with Crippen molar-refractivity contribution in [2.24, 2.45) is 35.5 Å². The summed E-state index contributed by atoms with van der Waals surface area (Å²) in [6, 6.07) is -1.16. The predicted octanol–water partition coefficient (Wildman–Crippen LogP) is 7.74. The van der Waals surface area contributed by atoms with Crippen LogP contribution in [0, 0.1) is 35.5 Å². The molecule has 3 heterocycles. The summed E-state index contributed by atoms with van der Waals surface area (Å²) in [5.74, 6) is -8.11. The second-order valence-electron chi connectivity index (χ2n) is 20.9. The van der Waals surface area contributed by atoms with Gasteiger partial charge in [0.2, 0.25) is 5.79 Å². The number of fused-ring (bicyclic) bond motifs is 3. The van der Waals surface area contributed by atoms with Gasteiger partial charge in [0.05, 0.1) is 24.4 Å². The van der Waals surface area contributed by atoms with Crippen molar-refractivity contribution in [1.82, 2.24) is 4.90 Å². The fourth-order valence-corrected chi connectivity index (χ4v) is 11.4. The maximum absolute atomic E-state index is 14.5. The Morgan fingerprint density at radius 1 is 0.855 bits per heavy atom. The third-order valence-electron chi connectivity index (χ3n) is 14.8. The van der Waals surface area contributed by atoms with Gasteiger partial charge in [-0.1, -0.05) is 71.1 Å². The number of amides is 1. The van der Waals surface area contributed by atoms with Crippen LogP contribution in [0.2, 0.25) is 0 Å². The number of rotatable bonds is 8. The van der Waals surface area contributed by atoms with E-state index in [1.807, 2.05) is 58.1 Å². The molecule has 1 saturated carbocycles. The highest BCUT2D eigenvalue weighted by molar-refractivity contribution is 7.57. The molecule has 0 spiro atoms. The van der Waals surface area contributed by atoms with Crippen LogP contribution < -0.4 is 0 Å². The number of carbonyl (C=O) groups is 5. The molecule has 390 valence electrons. The van der Waals surface area contributed by atoms with Crippen LogP contribution in [0.3, 0.4) is 0 Å². The smallest absolute Gasteiger partial charge is 0.329 e. The normalized spacial score (nSPS) is 39.0. The summed E-state index contributed by atoms with van der Waals surface area (Å²) in [7, 11) is 1.76. The number of carbonyl (C=O) groups excluding carboxylic acids is 5. The van der Waals surface area contributed by atoms with Gasteiger partial charge < -0.3 is 43.3 Å². The van der Waals surface area contributed by atoms with E-state index in [2.05, 4.69) is 0 Å². The summed E-state index contributed by atoms with van der Waals surface area (Å²) < 4.78 is 48.2. The molecule has 3 fully saturated rings. The zero-order valence-corrected chi connectivity index (χ0v) is 44.3. The number of aliphatic hydroxyl groups excluding tert-OH is 1. The standard InChI is InChI=1S/C53H84NO14P/c1-32-18-14-13-15-19-33(2)44(63-8)30-40-23-21-38(7)53(61,67-40)50(58)51(59)54-25-17-16-20-41(54)52(60)66-45(35(4)28-39-22-24-43(46(29-39)64-9)68-69(11,12)62)31-42(55)34(3)27-37(6)48(57)49(65-10)47(56)36(5)26-32/h13-15,18-19,27,32,34-36,38-41,43-46,48-49,57,61H,16-17,20-26,28-31H2,1-12H3/b15-13+,18-14+,33-19+,37-27+/t32-,34-,35-,36-,38-,39+,40+,41+,43-,44+,45+,46-,48-,49+,53?/m1/s1. The molecule has 0 aromatic carbocycles. The van der Waals surface area contributed by atoms with Gasteiger partial charge in [-0.2, -0.15) is 0 Å². The molecule has 2 saturated heterocycles. The number of hydrogen-bond acceptors (Lipinski definition) is 14. The Morgan fingerprint density at radius 2 is 1.57 bits per heavy atom. The van der Waals surface area contributed by atoms with Gasteiger partial charge in [0.25, 0.3) is 11.7 Å². The zero-order chi connectivity index (χ0) is 51.4. The molecule has 15 nitrogen and oxygen atoms in total. The minimum absolute atomic E-state index is 0.0117. The molecule has 69 heavy (non-hydrogen) atoms. The summed E-state index contributed by atoms with van der Waals surface area (Å²) in [5, 5.41) is 23.5. The van der Waals surface area contributed by atoms with Crippen molar-refractivity contribution in [2.45, 2.75) is 180 Å². The molecule has 3 aliphatic heterocycles. The number of piperidine rings is 1. The Labute approximate surface area is 411 Å². The van der Waals surface area contributed by atoms with Crippen LogP contribution in [0.4, 0.5) is 0 Å². The molecule has 1 unspecified atom stereocenters. The summed E-state index contributed by atoms with van der Waals surface area (Å²) >= 11 is 0. The number of ether oxygens (including phenoxy) is 5. The van der Waals surface area contributed by atoms with Crippen molar-refractivity contribution >= 4 is 36.6 Å². The Balaban J connectivity index is 1.70. The number of ketones is 3. The van der Waals surface area contributed by atoms with Gasteiger partial charge >= 0.3 is 5.97 Å². The van der Waals surface area contributed by atoms with Crippen molar-refractivity contribution in [3.05, 3.63) is 47.6 Å². The summed E-state index contributed by atoms with van der Waals surface area (Å²) in [6.07, 6.45) is 11.4. The second kappa shape index (κ2) is 26.5. The third kappa shape index (κ3) is 16.2. The molecule has 0 aromatic heterocycles. The Hall–Kier alpha value is -3.14. The van der Waals surface area contributed by atoms with E-state index in [0.29, 0.717) is 63.4 Å². The summed E-state index contributed by atoms with van der Waals surface area (Å²) in [6.45, 7) is 15.9. The molecule has 2 bridgehead atoms. The van der Waals surface area contributed by atoms with Crippen molar-refractivity contribution < 1.29 is 67.0 Å². The average molecular weight is 990 g/mol. The third-order valence-corrected chi connectivity index (χ3v) is 15.6. The Kier molecular flexibility index (Phi) is 22.5. The number of allylic oxidation sites excluding steroid dienone is 6. The molecule has 15 atom stereocenters. The monoisotopic (exact) mass is 990 g/mol. The molecule has 4 aliphatic rings. The van der Waals surface area contributed by atoms with Crippen molar-refractivity contribution in [3.63, 3.8) is 0 Å². The molecular formula is C53H84NO14P. The fraction of sp³-hybridized carbons (Fsp3) is 0.755. The molecule has 1 amide bonds. The largest absolute Gasteiger partial charge is 0.460 e. The number of esters is 1. The molecular weight excluding hydrogens is 906 g/mol. The summed E-state index contributed by atoms with van der Waals surface area (Å²) in [5.41, 5.74) is 1.25. The van der Waals surface area contributed by atoms with Gasteiger partial charge in [0, 0.05) is 71.8 Å². The topological polar surface area (TPSA) is 201 Å². The summed E-state index contributed by atoms with van der Waals surface area (Å²) in [4.78, 5) is 72.2. The fourth-order valence-electron chi connectivity index (χ4n) is 10.5. The van der Waals surface area contributed by atoms with Crippen LogP contribution in [-0.2, 0) is 56.7 Å². The lowest BCUT2D eigenvalue weighted by Crippen LogP contribution is -2.61. The van der Waals surface area contributed by atoms with Gasteiger partial charge in [-0.25, -0.2) is 4.79 Å². The first-order valence-electron chi connectivity index (χ1n) is 25.2. The van der Waals surface area contributed by atoms with Gasteiger partial charge in [-0.05, 0) is 107 Å². The van der Waals surface area contributed by atoms with Crippen molar-refractivity contribution in [3.8, 4) is 0 Å². The first kappa shape index (κ1) is 58.4. The van der Waals surface area contributed by atoms with Gasteiger partial charge in [0.1, 0.15) is 30.1 Å². The van der Waals surface area contributed by atoms with E-state index < -0.39 is 85.1 Å². The lowest BCUT2D eigenvalue weighted by atomic mass is 9.78. The van der Waals surface area contributed by atoms with E-state index >= 15 is 0 Å². The maximum atomic E-state index is 14.5. The lowest BCUT2D eigenvalue weighted by molar-refractivity contribution is -0.265. The number of Topliss-reactive ketones (excluding diaryl/α,β-unsaturated/α-hetero) is 3. The van der Waals surface area contributed by atoms with Crippen molar-refractivity contribution in [1.29, 1.82) is 0 Å². The quantitative estimate of drug-likeness (QED) is 0.104. The Bertz CT molecular complexity index is 1940. The maximum Gasteiger partial charge on any atom is 0.329 e. The van der Waals surface area contributed by atoms with Crippen LogP contribution in [0.15, 0.2) is 47.6 Å². The second-order valence-corrected chi connectivity index (χ2v) is 23.6. The van der Waals surface area contributed by atoms with E-state index in [9.17, 15) is 38.8 Å². The first-order valence-corrected chi connectivity index (χ1v) is 27.7. The highest BCUT2D eigenvalue weighted by Gasteiger charge is 2.53. The molecule has 0 aromatic rings. The molecule has 16 heteroatoms. The predicted molar refractivity (Wildman–Crippen MR) is 263 cm³/mol. The highest BCUT2D eigenvalue weighted by Crippen LogP contribution is 2.45. The van der Waals surface area contributed by atoms with E-state index in [1.54, 1.807) is 54.4 Å². The zero-order valence-electron chi connectivity index (χ0n) is 43.4. The van der Waals surface area contributed by atoms with Crippen LogP contribution >= 0.6 is 7.37 Å². The van der Waals surface area contributed by atoms with E-state index in [1.165, 1.54) is 12.0 Å². The SMILES string of the molecule is CO[C@H]1C[C@@H]2CC[C@@H](C)C(O)(O2)C(=O)C(=O)N2CCCC[C@H]2C(=O)O[C@H]([C@H](C)C[C@@H]2CC[C@@H](OP(C)(C)=O)[C@H](OC)C2)CC(=O)[C@H](C)/C=C(\C)[C@@H](O)[C@@H](OC)C(=O)[C@H](C)C[C@H](C)/C=C/C=C/C=C/1C. The molecule has 0 radical (unpaired) electrons. The number of cyclic esters (lactones) is 1. The molecule has 4 rings (SSSR count). The minimum Gasteiger partial charge on any atom is -0.460 e. The molecule has 1 aliphatic carbocycles. The lowest BCUT2D eigenvalue weighted by Gasteiger charge is -2.42. The number of methoxy groups -OCH3 is 3. The average Bonchev–Trinajstić information content (AvgIpc) is 3.30. The van der Waals surface area contributed by atoms with Crippen LogP contribution in [0.25, 0.3) is 0 Å². The first-order chi connectivity index (χ1) is 32.4. The van der Waals surface area contributed by atoms with E-state index in [0.717, 1.165) is 12.0 Å². The highest BCUT2D eigenvalue weighted by atomic mass is 31.2.